The molecule has 1 amide bonds. The smallest absolute Gasteiger partial charge is 0.243 e. The first-order valence-corrected chi connectivity index (χ1v) is 8.69. The largest absolute Gasteiger partial charge is 0.354 e. The highest BCUT2D eigenvalue weighted by Crippen LogP contribution is 2.25. The molecule has 0 aliphatic rings. The van der Waals surface area contributed by atoms with Gasteiger partial charge in [0.15, 0.2) is 0 Å². The lowest BCUT2D eigenvalue weighted by Crippen LogP contribution is -2.49. The minimum absolute atomic E-state index is 0.113. The van der Waals surface area contributed by atoms with Gasteiger partial charge in [-0.1, -0.05) is 26.0 Å². The summed E-state index contributed by atoms with van der Waals surface area (Å²) in [5.41, 5.74) is -0.113. The third-order valence-electron chi connectivity index (χ3n) is 2.97. The first-order chi connectivity index (χ1) is 9.82. The zero-order valence-electron chi connectivity index (χ0n) is 12.5. The molecule has 0 fully saturated rings. The van der Waals surface area contributed by atoms with Crippen LogP contribution in [-0.4, -0.2) is 33.2 Å². The van der Waals surface area contributed by atoms with Gasteiger partial charge >= 0.3 is 0 Å². The monoisotopic (exact) mass is 316 g/mol. The molecule has 0 radical (unpaired) electrons. The second kappa shape index (κ2) is 7.40. The van der Waals surface area contributed by atoms with Crippen LogP contribution in [0.3, 0.4) is 0 Å². The summed E-state index contributed by atoms with van der Waals surface area (Å²) in [5.74, 6) is -1.10. The number of hydrogen-bond donors (Lipinski definition) is 1. The van der Waals surface area contributed by atoms with Crippen molar-refractivity contribution in [2.45, 2.75) is 32.7 Å². The molecule has 1 unspecified atom stereocenters. The Bertz CT molecular complexity index is 590. The third kappa shape index (κ3) is 4.42. The molecule has 0 bridgehead atoms. The fourth-order valence-corrected chi connectivity index (χ4v) is 3.24. The van der Waals surface area contributed by atoms with Crippen molar-refractivity contribution >= 4 is 21.6 Å². The zero-order chi connectivity index (χ0) is 16.0. The van der Waals surface area contributed by atoms with Crippen molar-refractivity contribution in [1.29, 1.82) is 0 Å². The fraction of sp³-hybridized carbons (Fsp3) is 0.500. The van der Waals surface area contributed by atoms with Crippen LogP contribution in [0.15, 0.2) is 24.3 Å². The normalized spacial score (nSPS) is 12.8. The first kappa shape index (κ1) is 17.4. The molecular formula is C14H21FN2O3S. The lowest BCUT2D eigenvalue weighted by molar-refractivity contribution is -0.122. The summed E-state index contributed by atoms with van der Waals surface area (Å²) in [5, 5.41) is 2.66. The van der Waals surface area contributed by atoms with Crippen molar-refractivity contribution in [3.8, 4) is 0 Å². The molecule has 0 saturated carbocycles. The van der Waals surface area contributed by atoms with Crippen LogP contribution in [0.1, 0.15) is 26.7 Å². The van der Waals surface area contributed by atoms with Gasteiger partial charge in [-0.2, -0.15) is 0 Å². The van der Waals surface area contributed by atoms with Crippen LogP contribution in [0, 0.1) is 5.82 Å². The van der Waals surface area contributed by atoms with Crippen LogP contribution >= 0.6 is 0 Å². The van der Waals surface area contributed by atoms with Gasteiger partial charge in [0.2, 0.25) is 15.9 Å². The van der Waals surface area contributed by atoms with Gasteiger partial charge in [-0.05, 0) is 25.0 Å². The summed E-state index contributed by atoms with van der Waals surface area (Å²) in [6.45, 7) is 4.03. The van der Waals surface area contributed by atoms with Gasteiger partial charge in [0.1, 0.15) is 11.9 Å². The molecule has 0 saturated heterocycles. The number of nitrogens with one attached hydrogen (secondary N) is 1. The first-order valence-electron chi connectivity index (χ1n) is 6.84. The number of carbonyl (C=O) groups excluding carboxylic acids is 1. The molecule has 0 aliphatic heterocycles. The molecule has 118 valence electrons. The molecular weight excluding hydrogens is 295 g/mol. The third-order valence-corrected chi connectivity index (χ3v) is 4.13. The Balaban J connectivity index is 3.25. The average molecular weight is 316 g/mol. The van der Waals surface area contributed by atoms with E-state index in [1.54, 1.807) is 6.92 Å². The van der Waals surface area contributed by atoms with Gasteiger partial charge in [0, 0.05) is 6.54 Å². The van der Waals surface area contributed by atoms with E-state index < -0.39 is 27.8 Å². The van der Waals surface area contributed by atoms with Crippen LogP contribution in [0.2, 0.25) is 0 Å². The average Bonchev–Trinajstić information content (AvgIpc) is 2.42. The van der Waals surface area contributed by atoms with E-state index in [0.717, 1.165) is 17.0 Å². The SMILES string of the molecule is CCCNC(=O)C(CC)N(c1ccccc1F)S(C)(=O)=O. The molecule has 1 rings (SSSR count). The van der Waals surface area contributed by atoms with E-state index in [4.69, 9.17) is 0 Å². The van der Waals surface area contributed by atoms with E-state index in [9.17, 15) is 17.6 Å². The van der Waals surface area contributed by atoms with Crippen molar-refractivity contribution in [2.24, 2.45) is 0 Å². The van der Waals surface area contributed by atoms with Gasteiger partial charge < -0.3 is 5.32 Å². The molecule has 21 heavy (non-hydrogen) atoms. The Morgan fingerprint density at radius 2 is 1.95 bits per heavy atom. The Kier molecular flexibility index (Phi) is 6.14. The van der Waals surface area contributed by atoms with Gasteiger partial charge in [0.05, 0.1) is 11.9 Å². The van der Waals surface area contributed by atoms with Crippen molar-refractivity contribution < 1.29 is 17.6 Å². The highest BCUT2D eigenvalue weighted by atomic mass is 32.2. The quantitative estimate of drug-likeness (QED) is 0.835. The van der Waals surface area contributed by atoms with Crippen LogP contribution in [0.5, 0.6) is 0 Å². The van der Waals surface area contributed by atoms with Crippen LogP contribution < -0.4 is 9.62 Å². The van der Waals surface area contributed by atoms with E-state index in [2.05, 4.69) is 5.32 Å². The predicted molar refractivity (Wildman–Crippen MR) is 81.1 cm³/mol. The number of para-hydroxylation sites is 1. The van der Waals surface area contributed by atoms with E-state index in [1.807, 2.05) is 6.92 Å². The maximum absolute atomic E-state index is 13.9. The van der Waals surface area contributed by atoms with Crippen molar-refractivity contribution in [2.75, 3.05) is 17.1 Å². The van der Waals surface area contributed by atoms with E-state index >= 15 is 0 Å². The van der Waals surface area contributed by atoms with Crippen molar-refractivity contribution in [3.63, 3.8) is 0 Å². The lowest BCUT2D eigenvalue weighted by atomic mass is 10.2. The Labute approximate surface area is 125 Å². The molecule has 0 heterocycles. The Hall–Kier alpha value is -1.63. The number of rotatable bonds is 7. The van der Waals surface area contributed by atoms with Crippen molar-refractivity contribution in [1.82, 2.24) is 5.32 Å². The molecule has 5 nitrogen and oxygen atoms in total. The summed E-state index contributed by atoms with van der Waals surface area (Å²) in [7, 11) is -3.79. The number of halogens is 1. The molecule has 1 atom stereocenters. The molecule has 0 aliphatic carbocycles. The molecule has 1 N–H and O–H groups in total. The Morgan fingerprint density at radius 1 is 1.33 bits per heavy atom. The summed E-state index contributed by atoms with van der Waals surface area (Å²) in [4.78, 5) is 12.2. The zero-order valence-corrected chi connectivity index (χ0v) is 13.3. The summed E-state index contributed by atoms with van der Waals surface area (Å²) in [6, 6.07) is 4.56. The molecule has 1 aromatic rings. The number of benzene rings is 1. The van der Waals surface area contributed by atoms with Crippen LogP contribution in [0.25, 0.3) is 0 Å². The Morgan fingerprint density at radius 3 is 2.43 bits per heavy atom. The molecule has 1 aromatic carbocycles. The number of amides is 1. The minimum atomic E-state index is -3.79. The highest BCUT2D eigenvalue weighted by molar-refractivity contribution is 7.92. The van der Waals surface area contributed by atoms with E-state index in [0.29, 0.717) is 6.54 Å². The topological polar surface area (TPSA) is 66.5 Å². The minimum Gasteiger partial charge on any atom is -0.354 e. The van der Waals surface area contributed by atoms with E-state index in [-0.39, 0.29) is 12.1 Å². The number of sulfonamides is 1. The maximum atomic E-state index is 13.9. The number of carbonyl (C=O) groups is 1. The maximum Gasteiger partial charge on any atom is 0.243 e. The standard InChI is InChI=1S/C14H21FN2O3S/c1-4-10-16-14(18)12(5-2)17(21(3,19)20)13-9-7-6-8-11(13)15/h6-9,12H,4-5,10H2,1-3H3,(H,16,18). The molecule has 0 aromatic heterocycles. The second-order valence-corrected chi connectivity index (χ2v) is 6.58. The number of anilines is 1. The van der Waals surface area contributed by atoms with Crippen molar-refractivity contribution in [3.05, 3.63) is 30.1 Å². The summed E-state index contributed by atoms with van der Waals surface area (Å²) in [6.07, 6.45) is 1.95. The second-order valence-electron chi connectivity index (χ2n) is 4.73. The van der Waals surface area contributed by atoms with Gasteiger partial charge in [0.25, 0.3) is 0 Å². The highest BCUT2D eigenvalue weighted by Gasteiger charge is 2.32. The van der Waals surface area contributed by atoms with Crippen LogP contribution in [0.4, 0.5) is 10.1 Å². The van der Waals surface area contributed by atoms with E-state index in [1.165, 1.54) is 24.3 Å². The van der Waals surface area contributed by atoms with Gasteiger partial charge in [-0.25, -0.2) is 12.8 Å². The van der Waals surface area contributed by atoms with Gasteiger partial charge in [-0.3, -0.25) is 9.10 Å². The number of hydrogen-bond acceptors (Lipinski definition) is 3. The van der Waals surface area contributed by atoms with Crippen LogP contribution in [-0.2, 0) is 14.8 Å². The lowest BCUT2D eigenvalue weighted by Gasteiger charge is -2.30. The number of nitrogens with zero attached hydrogens (tertiary/aromatic N) is 1. The summed E-state index contributed by atoms with van der Waals surface area (Å²) >= 11 is 0. The molecule has 7 heteroatoms. The summed E-state index contributed by atoms with van der Waals surface area (Å²) < 4.78 is 38.9. The molecule has 0 spiro atoms. The fourth-order valence-electron chi connectivity index (χ4n) is 2.03. The van der Waals surface area contributed by atoms with Gasteiger partial charge in [-0.15, -0.1) is 0 Å². The predicted octanol–water partition coefficient (Wildman–Crippen LogP) is 1.90.